The molecule has 0 heterocycles. The van der Waals surface area contributed by atoms with Gasteiger partial charge in [0.2, 0.25) is 0 Å². The largest absolute Gasteiger partial charge is 0.396 e. The van der Waals surface area contributed by atoms with Crippen molar-refractivity contribution in [2.24, 2.45) is 0 Å². The van der Waals surface area contributed by atoms with Crippen molar-refractivity contribution in [3.63, 3.8) is 0 Å². The molecule has 0 aromatic heterocycles. The standard InChI is InChI=1S/C9H21NOS/c1-4-8(2)10-9(5-6-11)7-12-3/h8-11H,4-7H2,1-3H3. The lowest BCUT2D eigenvalue weighted by Gasteiger charge is -2.20. The summed E-state index contributed by atoms with van der Waals surface area (Å²) in [6, 6.07) is 1.04. The van der Waals surface area contributed by atoms with Crippen molar-refractivity contribution < 1.29 is 5.11 Å². The quantitative estimate of drug-likeness (QED) is 0.639. The summed E-state index contributed by atoms with van der Waals surface area (Å²) in [7, 11) is 0. The van der Waals surface area contributed by atoms with Gasteiger partial charge in [-0.1, -0.05) is 6.92 Å². The molecule has 0 aromatic carbocycles. The van der Waals surface area contributed by atoms with Crippen molar-refractivity contribution in [1.82, 2.24) is 5.32 Å². The fourth-order valence-electron chi connectivity index (χ4n) is 1.09. The van der Waals surface area contributed by atoms with E-state index >= 15 is 0 Å². The van der Waals surface area contributed by atoms with Crippen molar-refractivity contribution >= 4 is 11.8 Å². The molecule has 0 saturated carbocycles. The molecule has 2 N–H and O–H groups in total. The van der Waals surface area contributed by atoms with Crippen LogP contribution in [0.4, 0.5) is 0 Å². The van der Waals surface area contributed by atoms with E-state index in [0.717, 1.165) is 18.6 Å². The second kappa shape index (κ2) is 7.90. The number of hydrogen-bond donors (Lipinski definition) is 2. The molecule has 3 heteroatoms. The van der Waals surface area contributed by atoms with Crippen LogP contribution in [0.3, 0.4) is 0 Å². The number of thioether (sulfide) groups is 1. The van der Waals surface area contributed by atoms with Crippen LogP contribution in [0.5, 0.6) is 0 Å². The Morgan fingerprint density at radius 3 is 2.58 bits per heavy atom. The topological polar surface area (TPSA) is 32.3 Å². The molecule has 0 saturated heterocycles. The van der Waals surface area contributed by atoms with Gasteiger partial charge < -0.3 is 10.4 Å². The van der Waals surface area contributed by atoms with Crippen LogP contribution < -0.4 is 5.32 Å². The number of hydrogen-bond acceptors (Lipinski definition) is 3. The summed E-state index contributed by atoms with van der Waals surface area (Å²) in [5, 5.41) is 12.3. The van der Waals surface area contributed by atoms with E-state index in [4.69, 9.17) is 5.11 Å². The summed E-state index contributed by atoms with van der Waals surface area (Å²) in [6.45, 7) is 4.64. The normalized spacial score (nSPS) is 16.0. The molecule has 0 amide bonds. The minimum Gasteiger partial charge on any atom is -0.396 e. The first kappa shape index (κ1) is 12.3. The molecule has 12 heavy (non-hydrogen) atoms. The van der Waals surface area contributed by atoms with Crippen LogP contribution in [0.2, 0.25) is 0 Å². The fraction of sp³-hybridized carbons (Fsp3) is 1.00. The molecule has 2 unspecified atom stereocenters. The van der Waals surface area contributed by atoms with E-state index in [1.165, 1.54) is 0 Å². The molecule has 0 fully saturated rings. The van der Waals surface area contributed by atoms with Crippen LogP contribution in [0, 0.1) is 0 Å². The summed E-state index contributed by atoms with van der Waals surface area (Å²) < 4.78 is 0. The smallest absolute Gasteiger partial charge is 0.0446 e. The van der Waals surface area contributed by atoms with E-state index in [9.17, 15) is 0 Å². The Bertz CT molecular complexity index is 94.5. The number of nitrogens with one attached hydrogen (secondary N) is 1. The van der Waals surface area contributed by atoms with Crippen molar-refractivity contribution in [2.45, 2.75) is 38.8 Å². The van der Waals surface area contributed by atoms with Gasteiger partial charge in [-0.25, -0.2) is 0 Å². The van der Waals surface area contributed by atoms with E-state index in [1.54, 1.807) is 0 Å². The summed E-state index contributed by atoms with van der Waals surface area (Å²) in [6.07, 6.45) is 4.12. The minimum absolute atomic E-state index is 0.286. The second-order valence-corrected chi connectivity index (χ2v) is 4.05. The number of rotatable bonds is 7. The van der Waals surface area contributed by atoms with Crippen molar-refractivity contribution in [3.05, 3.63) is 0 Å². The van der Waals surface area contributed by atoms with Gasteiger partial charge >= 0.3 is 0 Å². The van der Waals surface area contributed by atoms with Crippen molar-refractivity contribution in [2.75, 3.05) is 18.6 Å². The highest BCUT2D eigenvalue weighted by atomic mass is 32.2. The van der Waals surface area contributed by atoms with Crippen LogP contribution >= 0.6 is 11.8 Å². The molecule has 0 radical (unpaired) electrons. The van der Waals surface area contributed by atoms with Crippen LogP contribution in [0.15, 0.2) is 0 Å². The van der Waals surface area contributed by atoms with Crippen LogP contribution in [-0.4, -0.2) is 35.8 Å². The lowest BCUT2D eigenvalue weighted by atomic mass is 10.2. The van der Waals surface area contributed by atoms with E-state index in [-0.39, 0.29) is 6.61 Å². The van der Waals surface area contributed by atoms with E-state index < -0.39 is 0 Å². The van der Waals surface area contributed by atoms with Gasteiger partial charge in [-0.3, -0.25) is 0 Å². The fourth-order valence-corrected chi connectivity index (χ4v) is 1.76. The minimum atomic E-state index is 0.286. The Labute approximate surface area is 80.1 Å². The molecule has 0 aliphatic carbocycles. The van der Waals surface area contributed by atoms with Crippen LogP contribution in [0.25, 0.3) is 0 Å². The first-order valence-corrected chi connectivity index (χ1v) is 5.99. The molecule has 74 valence electrons. The van der Waals surface area contributed by atoms with Crippen LogP contribution in [0.1, 0.15) is 26.7 Å². The maximum Gasteiger partial charge on any atom is 0.0446 e. The Morgan fingerprint density at radius 1 is 1.50 bits per heavy atom. The van der Waals surface area contributed by atoms with Crippen LogP contribution in [-0.2, 0) is 0 Å². The summed E-state index contributed by atoms with van der Waals surface area (Å²) in [5.74, 6) is 1.09. The highest BCUT2D eigenvalue weighted by molar-refractivity contribution is 7.98. The molecule has 0 aliphatic rings. The van der Waals surface area contributed by atoms with Gasteiger partial charge in [0.05, 0.1) is 0 Å². The first-order valence-electron chi connectivity index (χ1n) is 4.60. The third-order valence-corrected chi connectivity index (χ3v) is 2.71. The average Bonchev–Trinajstić information content (AvgIpc) is 2.05. The summed E-state index contributed by atoms with van der Waals surface area (Å²) in [5.41, 5.74) is 0. The molecular formula is C9H21NOS. The van der Waals surface area contributed by atoms with Crippen molar-refractivity contribution in [3.8, 4) is 0 Å². The zero-order valence-corrected chi connectivity index (χ0v) is 9.16. The van der Waals surface area contributed by atoms with Gasteiger partial charge in [-0.2, -0.15) is 11.8 Å². The molecule has 0 spiro atoms. The monoisotopic (exact) mass is 191 g/mol. The van der Waals surface area contributed by atoms with E-state index in [2.05, 4.69) is 25.4 Å². The highest BCUT2D eigenvalue weighted by Crippen LogP contribution is 2.03. The SMILES string of the molecule is CCC(C)NC(CCO)CSC. The highest BCUT2D eigenvalue weighted by Gasteiger charge is 2.09. The Balaban J connectivity index is 3.61. The Hall–Kier alpha value is 0.270. The predicted octanol–water partition coefficient (Wildman–Crippen LogP) is 1.49. The molecule has 2 nitrogen and oxygen atoms in total. The number of aliphatic hydroxyl groups is 1. The first-order chi connectivity index (χ1) is 5.74. The van der Waals surface area contributed by atoms with Crippen molar-refractivity contribution in [1.29, 1.82) is 0 Å². The van der Waals surface area contributed by atoms with Gasteiger partial charge in [0.25, 0.3) is 0 Å². The van der Waals surface area contributed by atoms with E-state index in [1.807, 2.05) is 11.8 Å². The molecule has 0 bridgehead atoms. The molecular weight excluding hydrogens is 170 g/mol. The van der Waals surface area contributed by atoms with Gasteiger partial charge in [-0.15, -0.1) is 0 Å². The lowest BCUT2D eigenvalue weighted by Crippen LogP contribution is -2.38. The zero-order valence-electron chi connectivity index (χ0n) is 8.34. The molecule has 0 aromatic rings. The number of aliphatic hydroxyl groups excluding tert-OH is 1. The summed E-state index contributed by atoms with van der Waals surface area (Å²) >= 11 is 1.83. The maximum absolute atomic E-state index is 8.80. The summed E-state index contributed by atoms with van der Waals surface area (Å²) in [4.78, 5) is 0. The Kier molecular flexibility index (Phi) is 8.07. The van der Waals surface area contributed by atoms with Gasteiger partial charge in [-0.05, 0) is 26.0 Å². The zero-order chi connectivity index (χ0) is 9.40. The van der Waals surface area contributed by atoms with Gasteiger partial charge in [0.1, 0.15) is 0 Å². The Morgan fingerprint density at radius 2 is 2.17 bits per heavy atom. The molecule has 0 aliphatic heterocycles. The predicted molar refractivity (Wildman–Crippen MR) is 56.8 cm³/mol. The molecule has 2 atom stereocenters. The third kappa shape index (κ3) is 5.86. The lowest BCUT2D eigenvalue weighted by molar-refractivity contribution is 0.265. The van der Waals surface area contributed by atoms with Gasteiger partial charge in [0, 0.05) is 24.4 Å². The molecule has 0 rings (SSSR count). The van der Waals surface area contributed by atoms with Gasteiger partial charge in [0.15, 0.2) is 0 Å². The second-order valence-electron chi connectivity index (χ2n) is 3.14. The third-order valence-electron chi connectivity index (χ3n) is 1.98. The average molecular weight is 191 g/mol. The maximum atomic E-state index is 8.80. The van der Waals surface area contributed by atoms with E-state index in [0.29, 0.717) is 12.1 Å².